The molecule has 0 aromatic carbocycles. The van der Waals surface area contributed by atoms with E-state index < -0.39 is 24.7 Å². The Labute approximate surface area is 95.2 Å². The predicted molar refractivity (Wildman–Crippen MR) is 52.4 cm³/mol. The van der Waals surface area contributed by atoms with Crippen LogP contribution >= 0.6 is 0 Å². The van der Waals surface area contributed by atoms with Crippen LogP contribution in [-0.2, 0) is 11.8 Å². The van der Waals surface area contributed by atoms with Crippen LogP contribution in [0, 0.1) is 6.92 Å². The van der Waals surface area contributed by atoms with E-state index in [0.717, 1.165) is 0 Å². The molecule has 1 aromatic heterocycles. The monoisotopic (exact) mass is 251 g/mol. The Hall–Kier alpha value is -1.57. The molecule has 17 heavy (non-hydrogen) atoms. The van der Waals surface area contributed by atoms with E-state index in [2.05, 4.69) is 5.10 Å². The zero-order chi connectivity index (χ0) is 13.2. The smallest absolute Gasteiger partial charge is 0.401 e. The highest BCUT2D eigenvalue weighted by atomic mass is 19.4. The molecule has 0 aliphatic rings. The minimum Gasteiger partial charge on any atom is -0.480 e. The number of carboxylic acid groups (broad SMARTS) is 1. The second kappa shape index (κ2) is 4.74. The molecule has 1 aromatic rings. The molecule has 0 saturated carbocycles. The lowest BCUT2D eigenvalue weighted by molar-refractivity contribution is -0.143. The second-order valence-electron chi connectivity index (χ2n) is 3.58. The third-order valence-corrected chi connectivity index (χ3v) is 2.34. The standard InChI is InChI=1S/C9H12F3N3O2/c1-5-6(3-14-15(5)2)7(8(16)17)13-4-9(10,11)12/h3,7,13H,4H2,1-2H3,(H,16,17). The van der Waals surface area contributed by atoms with E-state index in [1.54, 1.807) is 14.0 Å². The Bertz CT molecular complexity index is 414. The third-order valence-electron chi connectivity index (χ3n) is 2.34. The summed E-state index contributed by atoms with van der Waals surface area (Å²) in [6.45, 7) is 0.228. The van der Waals surface area contributed by atoms with Gasteiger partial charge >= 0.3 is 12.1 Å². The predicted octanol–water partition coefficient (Wildman–Crippen LogP) is 1.01. The zero-order valence-electron chi connectivity index (χ0n) is 9.25. The lowest BCUT2D eigenvalue weighted by atomic mass is 10.1. The van der Waals surface area contributed by atoms with Crippen LogP contribution < -0.4 is 5.32 Å². The quantitative estimate of drug-likeness (QED) is 0.838. The van der Waals surface area contributed by atoms with E-state index >= 15 is 0 Å². The third kappa shape index (κ3) is 3.45. The van der Waals surface area contributed by atoms with Crippen LogP contribution in [0.1, 0.15) is 17.3 Å². The van der Waals surface area contributed by atoms with Crippen molar-refractivity contribution in [1.29, 1.82) is 0 Å². The Morgan fingerprint density at radius 3 is 2.59 bits per heavy atom. The Balaban J connectivity index is 2.87. The number of hydrogen-bond acceptors (Lipinski definition) is 3. The van der Waals surface area contributed by atoms with Crippen LogP contribution in [0.5, 0.6) is 0 Å². The number of alkyl halides is 3. The molecule has 0 fully saturated rings. The van der Waals surface area contributed by atoms with E-state index in [9.17, 15) is 18.0 Å². The van der Waals surface area contributed by atoms with Crippen molar-refractivity contribution in [3.8, 4) is 0 Å². The molecule has 2 N–H and O–H groups in total. The fourth-order valence-corrected chi connectivity index (χ4v) is 1.35. The molecular formula is C9H12F3N3O2. The van der Waals surface area contributed by atoms with Gasteiger partial charge in [-0.1, -0.05) is 0 Å². The summed E-state index contributed by atoms with van der Waals surface area (Å²) in [6.07, 6.45) is -3.21. The van der Waals surface area contributed by atoms with Crippen molar-refractivity contribution >= 4 is 5.97 Å². The molecule has 96 valence electrons. The van der Waals surface area contributed by atoms with Crippen LogP contribution in [0.15, 0.2) is 6.20 Å². The molecule has 0 bridgehead atoms. The first-order chi connectivity index (χ1) is 7.72. The number of carboxylic acids is 1. The first-order valence-corrected chi connectivity index (χ1v) is 4.74. The number of halogens is 3. The fourth-order valence-electron chi connectivity index (χ4n) is 1.35. The molecule has 8 heteroatoms. The normalized spacial score (nSPS) is 13.7. The van der Waals surface area contributed by atoms with E-state index in [0.29, 0.717) is 5.69 Å². The number of aromatic nitrogens is 2. The van der Waals surface area contributed by atoms with Gasteiger partial charge in [-0.3, -0.25) is 14.8 Å². The first-order valence-electron chi connectivity index (χ1n) is 4.74. The average molecular weight is 251 g/mol. The molecule has 0 amide bonds. The summed E-state index contributed by atoms with van der Waals surface area (Å²) in [5.74, 6) is -1.37. The van der Waals surface area contributed by atoms with Gasteiger partial charge in [0.05, 0.1) is 12.7 Å². The summed E-state index contributed by atoms with van der Waals surface area (Å²) in [6, 6.07) is -1.41. The van der Waals surface area contributed by atoms with Crippen molar-refractivity contribution < 1.29 is 23.1 Å². The van der Waals surface area contributed by atoms with Gasteiger partial charge in [0.15, 0.2) is 0 Å². The Morgan fingerprint density at radius 1 is 1.65 bits per heavy atom. The van der Waals surface area contributed by atoms with Gasteiger partial charge in [-0.15, -0.1) is 0 Å². The average Bonchev–Trinajstić information content (AvgIpc) is 2.47. The van der Waals surface area contributed by atoms with Crippen LogP contribution in [0.3, 0.4) is 0 Å². The van der Waals surface area contributed by atoms with E-state index in [1.807, 2.05) is 5.32 Å². The molecule has 0 aliphatic heterocycles. The van der Waals surface area contributed by atoms with Gasteiger partial charge in [0.25, 0.3) is 0 Å². The lowest BCUT2D eigenvalue weighted by Crippen LogP contribution is -2.36. The fraction of sp³-hybridized carbons (Fsp3) is 0.556. The van der Waals surface area contributed by atoms with Gasteiger partial charge in [0.2, 0.25) is 0 Å². The van der Waals surface area contributed by atoms with E-state index in [4.69, 9.17) is 5.11 Å². The Kier molecular flexibility index (Phi) is 3.76. The van der Waals surface area contributed by atoms with Gasteiger partial charge in [0, 0.05) is 18.3 Å². The molecule has 1 rings (SSSR count). The van der Waals surface area contributed by atoms with Crippen molar-refractivity contribution in [2.45, 2.75) is 19.1 Å². The molecule has 0 aliphatic carbocycles. The number of nitrogens with zero attached hydrogens (tertiary/aromatic N) is 2. The maximum atomic E-state index is 12.0. The number of aryl methyl sites for hydroxylation is 1. The minimum absolute atomic E-state index is 0.226. The zero-order valence-corrected chi connectivity index (χ0v) is 9.25. The topological polar surface area (TPSA) is 67.2 Å². The largest absolute Gasteiger partial charge is 0.480 e. The van der Waals surface area contributed by atoms with Gasteiger partial charge in [-0.05, 0) is 6.92 Å². The molecule has 1 heterocycles. The van der Waals surface area contributed by atoms with Crippen molar-refractivity contribution in [2.24, 2.45) is 7.05 Å². The lowest BCUT2D eigenvalue weighted by Gasteiger charge is -2.15. The number of aliphatic carboxylic acids is 1. The number of nitrogens with one attached hydrogen (secondary N) is 1. The molecule has 0 saturated heterocycles. The number of hydrogen-bond donors (Lipinski definition) is 2. The molecular weight excluding hydrogens is 239 g/mol. The highest BCUT2D eigenvalue weighted by molar-refractivity contribution is 5.75. The van der Waals surface area contributed by atoms with Crippen molar-refractivity contribution in [3.05, 3.63) is 17.5 Å². The molecule has 1 unspecified atom stereocenters. The molecule has 5 nitrogen and oxygen atoms in total. The van der Waals surface area contributed by atoms with Crippen molar-refractivity contribution in [2.75, 3.05) is 6.54 Å². The van der Waals surface area contributed by atoms with Crippen molar-refractivity contribution in [3.63, 3.8) is 0 Å². The molecule has 0 spiro atoms. The second-order valence-corrected chi connectivity index (χ2v) is 3.58. The van der Waals surface area contributed by atoms with Gasteiger partial charge in [-0.25, -0.2) is 0 Å². The van der Waals surface area contributed by atoms with Crippen LogP contribution in [0.25, 0.3) is 0 Å². The van der Waals surface area contributed by atoms with Gasteiger partial charge in [0.1, 0.15) is 6.04 Å². The van der Waals surface area contributed by atoms with Gasteiger partial charge < -0.3 is 5.11 Å². The minimum atomic E-state index is -4.45. The first kappa shape index (κ1) is 13.5. The molecule has 1 atom stereocenters. The summed E-state index contributed by atoms with van der Waals surface area (Å²) < 4.78 is 37.5. The van der Waals surface area contributed by atoms with Crippen LogP contribution in [0.2, 0.25) is 0 Å². The molecule has 0 radical (unpaired) electrons. The number of rotatable bonds is 4. The van der Waals surface area contributed by atoms with E-state index in [-0.39, 0.29) is 5.56 Å². The van der Waals surface area contributed by atoms with Crippen molar-refractivity contribution in [1.82, 2.24) is 15.1 Å². The highest BCUT2D eigenvalue weighted by Gasteiger charge is 2.31. The van der Waals surface area contributed by atoms with Gasteiger partial charge in [-0.2, -0.15) is 18.3 Å². The number of carbonyl (C=O) groups is 1. The summed E-state index contributed by atoms with van der Waals surface area (Å²) >= 11 is 0. The van der Waals surface area contributed by atoms with Crippen LogP contribution in [-0.4, -0.2) is 33.6 Å². The summed E-state index contributed by atoms with van der Waals surface area (Å²) in [5.41, 5.74) is 0.733. The SMILES string of the molecule is Cc1c(C(NCC(F)(F)F)C(=O)O)cnn1C. The highest BCUT2D eigenvalue weighted by Crippen LogP contribution is 2.20. The maximum absolute atomic E-state index is 12.0. The summed E-state index contributed by atoms with van der Waals surface area (Å²) in [5, 5.41) is 14.6. The van der Waals surface area contributed by atoms with Crippen LogP contribution in [0.4, 0.5) is 13.2 Å². The summed E-state index contributed by atoms with van der Waals surface area (Å²) in [7, 11) is 1.58. The Morgan fingerprint density at radius 2 is 2.24 bits per heavy atom. The van der Waals surface area contributed by atoms with E-state index in [1.165, 1.54) is 10.9 Å². The maximum Gasteiger partial charge on any atom is 0.401 e. The summed E-state index contributed by atoms with van der Waals surface area (Å²) in [4.78, 5) is 10.9.